The van der Waals surface area contributed by atoms with Crippen molar-refractivity contribution in [2.45, 2.75) is 43.9 Å². The molecule has 29 heavy (non-hydrogen) atoms. The lowest BCUT2D eigenvalue weighted by Gasteiger charge is -2.28. The second-order valence-corrected chi connectivity index (χ2v) is 7.20. The summed E-state index contributed by atoms with van der Waals surface area (Å²) in [6, 6.07) is 0.902. The number of fused-ring (bicyclic) bond motifs is 1. The second kappa shape index (κ2) is 6.04. The first-order valence-corrected chi connectivity index (χ1v) is 8.39. The first-order chi connectivity index (χ1) is 13.4. The highest BCUT2D eigenvalue weighted by atomic mass is 19.4. The molecular weight excluding hydrogens is 404 g/mol. The first kappa shape index (κ1) is 19.4. The summed E-state index contributed by atoms with van der Waals surface area (Å²) in [6.45, 7) is 1.50. The van der Waals surface area contributed by atoms with Gasteiger partial charge in [0.1, 0.15) is 5.82 Å². The molecule has 1 aliphatic carbocycles. The molecule has 0 aliphatic heterocycles. The van der Waals surface area contributed by atoms with E-state index in [0.29, 0.717) is 0 Å². The summed E-state index contributed by atoms with van der Waals surface area (Å²) in [7, 11) is 0. The highest BCUT2D eigenvalue weighted by Gasteiger charge is 2.60. The molecule has 0 radical (unpaired) electrons. The zero-order chi connectivity index (χ0) is 21.2. The number of hydrogen-bond acceptors (Lipinski definition) is 5. The van der Waals surface area contributed by atoms with Crippen LogP contribution in [0.5, 0.6) is 5.88 Å². The fraction of sp³-hybridized carbons (Fsp3) is 0.412. The molecule has 1 fully saturated rings. The van der Waals surface area contributed by atoms with Crippen LogP contribution in [0.1, 0.15) is 32.0 Å². The Morgan fingerprint density at radius 1 is 1.14 bits per heavy atom. The zero-order valence-corrected chi connectivity index (χ0v) is 15.0. The van der Waals surface area contributed by atoms with E-state index in [2.05, 4.69) is 24.9 Å². The van der Waals surface area contributed by atoms with Crippen LogP contribution in [0.25, 0.3) is 16.9 Å². The van der Waals surface area contributed by atoms with E-state index in [1.54, 1.807) is 0 Å². The molecule has 12 heteroatoms. The van der Waals surface area contributed by atoms with Gasteiger partial charge in [0.2, 0.25) is 0 Å². The Bertz CT molecular complexity index is 1090. The molecule has 0 spiro atoms. The number of halogens is 6. The normalized spacial score (nSPS) is 18.8. The molecule has 0 amide bonds. The predicted octanol–water partition coefficient (Wildman–Crippen LogP) is 4.17. The van der Waals surface area contributed by atoms with E-state index < -0.39 is 35.3 Å². The number of aromatic nitrogens is 5. The molecule has 1 unspecified atom stereocenters. The van der Waals surface area contributed by atoms with Crippen molar-refractivity contribution in [2.24, 2.45) is 0 Å². The Morgan fingerprint density at radius 3 is 2.41 bits per heavy atom. The van der Waals surface area contributed by atoms with Gasteiger partial charge < -0.3 is 4.74 Å². The molecule has 1 atom stereocenters. The van der Waals surface area contributed by atoms with Crippen molar-refractivity contribution in [1.82, 2.24) is 24.6 Å². The number of hydrogen-bond donors (Lipinski definition) is 0. The number of rotatable bonds is 4. The molecule has 4 rings (SSSR count). The molecular formula is C17H13F6N5O. The fourth-order valence-electron chi connectivity index (χ4n) is 2.64. The molecule has 154 valence electrons. The van der Waals surface area contributed by atoms with Crippen LogP contribution in [0.3, 0.4) is 0 Å². The van der Waals surface area contributed by atoms with Crippen LogP contribution < -0.4 is 4.74 Å². The van der Waals surface area contributed by atoms with Crippen LogP contribution in [-0.2, 0) is 0 Å². The Balaban J connectivity index is 1.66. The molecule has 0 bridgehead atoms. The molecule has 1 saturated carbocycles. The largest absolute Gasteiger partial charge is 0.460 e. The van der Waals surface area contributed by atoms with Crippen LogP contribution in [0, 0.1) is 5.82 Å². The SMILES string of the molecule is CC(C)(Oc1ncc(-c2cn3c(C4CC4(F)F)nnc3cn2)cc1F)C(F)(F)F. The number of pyridine rings is 1. The molecule has 0 aromatic carbocycles. The van der Waals surface area contributed by atoms with Crippen molar-refractivity contribution in [3.63, 3.8) is 0 Å². The average Bonchev–Trinajstić information content (AvgIpc) is 3.06. The number of alkyl halides is 5. The third kappa shape index (κ3) is 3.36. The van der Waals surface area contributed by atoms with E-state index in [9.17, 15) is 26.3 Å². The summed E-state index contributed by atoms with van der Waals surface area (Å²) in [6.07, 6.45) is -1.39. The van der Waals surface area contributed by atoms with E-state index in [0.717, 1.165) is 26.1 Å². The molecule has 3 aromatic heterocycles. The Labute approximate surface area is 159 Å². The van der Waals surface area contributed by atoms with Crippen LogP contribution in [-0.4, -0.2) is 42.3 Å². The molecule has 3 aromatic rings. The van der Waals surface area contributed by atoms with Gasteiger partial charge in [-0.1, -0.05) is 0 Å². The van der Waals surface area contributed by atoms with Crippen molar-refractivity contribution in [2.75, 3.05) is 0 Å². The van der Waals surface area contributed by atoms with Crippen LogP contribution in [0.4, 0.5) is 26.3 Å². The first-order valence-electron chi connectivity index (χ1n) is 8.39. The predicted molar refractivity (Wildman–Crippen MR) is 87.0 cm³/mol. The van der Waals surface area contributed by atoms with Gasteiger partial charge >= 0.3 is 6.18 Å². The van der Waals surface area contributed by atoms with Gasteiger partial charge in [0.05, 0.1) is 17.8 Å². The molecule has 0 saturated heterocycles. The third-order valence-electron chi connectivity index (χ3n) is 4.59. The van der Waals surface area contributed by atoms with Crippen LogP contribution in [0.2, 0.25) is 0 Å². The van der Waals surface area contributed by atoms with E-state index in [1.165, 1.54) is 16.8 Å². The number of ether oxygens (including phenoxy) is 1. The third-order valence-corrected chi connectivity index (χ3v) is 4.59. The Hall–Kier alpha value is -2.92. The van der Waals surface area contributed by atoms with Crippen LogP contribution in [0.15, 0.2) is 24.7 Å². The minimum absolute atomic E-state index is 0.0500. The minimum atomic E-state index is -4.73. The maximum Gasteiger partial charge on any atom is 0.427 e. The fourth-order valence-corrected chi connectivity index (χ4v) is 2.64. The lowest BCUT2D eigenvalue weighted by atomic mass is 10.1. The van der Waals surface area contributed by atoms with Gasteiger partial charge in [-0.3, -0.25) is 9.38 Å². The van der Waals surface area contributed by atoms with E-state index in [1.807, 2.05) is 0 Å². The smallest absolute Gasteiger partial charge is 0.427 e. The Morgan fingerprint density at radius 2 is 1.83 bits per heavy atom. The maximum atomic E-state index is 14.3. The van der Waals surface area contributed by atoms with Gasteiger partial charge in [0, 0.05) is 24.4 Å². The maximum absolute atomic E-state index is 14.3. The minimum Gasteiger partial charge on any atom is -0.460 e. The van der Waals surface area contributed by atoms with E-state index >= 15 is 0 Å². The van der Waals surface area contributed by atoms with Crippen LogP contribution >= 0.6 is 0 Å². The van der Waals surface area contributed by atoms with Gasteiger partial charge in [-0.05, 0) is 19.9 Å². The molecule has 3 heterocycles. The summed E-state index contributed by atoms with van der Waals surface area (Å²) in [4.78, 5) is 7.67. The monoisotopic (exact) mass is 417 g/mol. The van der Waals surface area contributed by atoms with Gasteiger partial charge in [0.25, 0.3) is 11.8 Å². The number of nitrogens with zero attached hydrogens (tertiary/aromatic N) is 5. The zero-order valence-electron chi connectivity index (χ0n) is 15.0. The summed E-state index contributed by atoms with van der Waals surface area (Å²) in [5, 5.41) is 7.54. The van der Waals surface area contributed by atoms with Gasteiger partial charge in [0.15, 0.2) is 17.1 Å². The lowest BCUT2D eigenvalue weighted by molar-refractivity contribution is -0.235. The van der Waals surface area contributed by atoms with Crippen molar-refractivity contribution in [1.29, 1.82) is 0 Å². The lowest BCUT2D eigenvalue weighted by Crippen LogP contribution is -2.45. The Kier molecular flexibility index (Phi) is 4.04. The van der Waals surface area contributed by atoms with Crippen molar-refractivity contribution in [3.05, 3.63) is 36.3 Å². The van der Waals surface area contributed by atoms with Crippen molar-refractivity contribution < 1.29 is 31.1 Å². The van der Waals surface area contributed by atoms with E-state index in [-0.39, 0.29) is 29.1 Å². The summed E-state index contributed by atoms with van der Waals surface area (Å²) >= 11 is 0. The summed E-state index contributed by atoms with van der Waals surface area (Å²) in [5.41, 5.74) is -2.15. The quantitative estimate of drug-likeness (QED) is 0.597. The summed E-state index contributed by atoms with van der Waals surface area (Å²) < 4.78 is 85.8. The highest BCUT2D eigenvalue weighted by Crippen LogP contribution is 2.55. The molecule has 1 aliphatic rings. The second-order valence-electron chi connectivity index (χ2n) is 7.20. The highest BCUT2D eigenvalue weighted by molar-refractivity contribution is 5.59. The van der Waals surface area contributed by atoms with E-state index in [4.69, 9.17) is 0 Å². The van der Waals surface area contributed by atoms with Crippen molar-refractivity contribution >= 4 is 5.65 Å². The standard InChI is InChI=1S/C17H13F6N5O/c1-15(2,17(21,22)23)29-14-10(18)3-8(5-25-14)11-7-28-12(6-24-11)26-27-13(28)9-4-16(9,19)20/h3,5-7,9H,4H2,1-2H3. The molecule has 0 N–H and O–H groups in total. The summed E-state index contributed by atoms with van der Waals surface area (Å²) in [5.74, 6) is -5.82. The van der Waals surface area contributed by atoms with Gasteiger partial charge in [-0.15, -0.1) is 10.2 Å². The van der Waals surface area contributed by atoms with Gasteiger partial charge in [-0.2, -0.15) is 13.2 Å². The average molecular weight is 417 g/mol. The molecule has 6 nitrogen and oxygen atoms in total. The topological polar surface area (TPSA) is 65.2 Å². The van der Waals surface area contributed by atoms with Crippen molar-refractivity contribution in [3.8, 4) is 17.1 Å². The van der Waals surface area contributed by atoms with Gasteiger partial charge in [-0.25, -0.2) is 18.2 Å².